The van der Waals surface area contributed by atoms with Gasteiger partial charge in [0.2, 0.25) is 0 Å². The van der Waals surface area contributed by atoms with Crippen LogP contribution in [-0.4, -0.2) is 33.6 Å². The summed E-state index contributed by atoms with van der Waals surface area (Å²) in [4.78, 5) is 14.7. The molecule has 1 N–H and O–H groups in total. The molecule has 2 aromatic rings. The zero-order valence-corrected chi connectivity index (χ0v) is 12.5. The summed E-state index contributed by atoms with van der Waals surface area (Å²) >= 11 is 0. The molecule has 0 fully saturated rings. The highest BCUT2D eigenvalue weighted by atomic mass is 16.2. The van der Waals surface area contributed by atoms with Gasteiger partial charge in [0.25, 0.3) is 5.91 Å². The molecule has 1 aromatic carbocycles. The third-order valence-electron chi connectivity index (χ3n) is 3.83. The first-order chi connectivity index (χ1) is 9.67. The van der Waals surface area contributed by atoms with Gasteiger partial charge in [0.1, 0.15) is 0 Å². The van der Waals surface area contributed by atoms with Gasteiger partial charge in [-0.15, -0.1) is 0 Å². The van der Waals surface area contributed by atoms with Crippen LogP contribution < -0.4 is 0 Å². The summed E-state index contributed by atoms with van der Waals surface area (Å²) in [5, 5.41) is 7.95. The maximum absolute atomic E-state index is 12.7. The van der Waals surface area contributed by atoms with Crippen molar-refractivity contribution in [3.05, 3.63) is 30.0 Å². The first-order valence-electron chi connectivity index (χ1n) is 7.41. The average molecular weight is 273 g/mol. The minimum absolute atomic E-state index is 0.115. The van der Waals surface area contributed by atoms with Crippen LogP contribution in [0.25, 0.3) is 10.9 Å². The number of carbonyl (C=O) groups excluding carboxylic acids is 1. The molecule has 1 amide bonds. The Balaban J connectivity index is 2.24. The molecule has 0 aliphatic carbocycles. The molecule has 4 nitrogen and oxygen atoms in total. The van der Waals surface area contributed by atoms with Gasteiger partial charge in [0.15, 0.2) is 0 Å². The van der Waals surface area contributed by atoms with Crippen LogP contribution in [0.1, 0.15) is 50.4 Å². The Hall–Kier alpha value is -1.84. The molecule has 1 heterocycles. The van der Waals surface area contributed by atoms with E-state index < -0.39 is 0 Å². The summed E-state index contributed by atoms with van der Waals surface area (Å²) < 4.78 is 0. The van der Waals surface area contributed by atoms with Crippen molar-refractivity contribution in [2.45, 2.75) is 46.1 Å². The molecule has 0 saturated carbocycles. The van der Waals surface area contributed by atoms with Crippen molar-refractivity contribution in [3.63, 3.8) is 0 Å². The molecule has 0 aliphatic rings. The first kappa shape index (κ1) is 14.6. The number of nitrogens with zero attached hydrogens (tertiary/aromatic N) is 2. The number of hydrogen-bond donors (Lipinski definition) is 1. The molecule has 1 aromatic heterocycles. The highest BCUT2D eigenvalue weighted by Gasteiger charge is 2.20. The molecule has 0 bridgehead atoms. The van der Waals surface area contributed by atoms with Crippen LogP contribution in [0.2, 0.25) is 0 Å². The summed E-state index contributed by atoms with van der Waals surface area (Å²) in [5.74, 6) is 0.115. The van der Waals surface area contributed by atoms with Gasteiger partial charge in [-0.1, -0.05) is 26.3 Å². The molecule has 20 heavy (non-hydrogen) atoms. The monoisotopic (exact) mass is 273 g/mol. The molecule has 0 aliphatic heterocycles. The van der Waals surface area contributed by atoms with E-state index in [9.17, 15) is 4.79 Å². The Morgan fingerprint density at radius 1 is 1.40 bits per heavy atom. The summed E-state index contributed by atoms with van der Waals surface area (Å²) in [6.07, 6.45) is 4.89. The maximum Gasteiger partial charge on any atom is 0.254 e. The number of nitrogens with one attached hydrogen (secondary N) is 1. The summed E-state index contributed by atoms with van der Waals surface area (Å²) in [6.45, 7) is 7.21. The molecule has 0 radical (unpaired) electrons. The van der Waals surface area contributed by atoms with E-state index in [1.165, 1.54) is 0 Å². The van der Waals surface area contributed by atoms with Crippen molar-refractivity contribution < 1.29 is 4.79 Å². The number of amides is 1. The Bertz CT molecular complexity index is 576. The van der Waals surface area contributed by atoms with Gasteiger partial charge in [-0.2, -0.15) is 5.10 Å². The van der Waals surface area contributed by atoms with E-state index in [-0.39, 0.29) is 11.9 Å². The van der Waals surface area contributed by atoms with Crippen molar-refractivity contribution in [3.8, 4) is 0 Å². The first-order valence-corrected chi connectivity index (χ1v) is 7.41. The molecule has 108 valence electrons. The van der Waals surface area contributed by atoms with E-state index in [2.05, 4.69) is 31.0 Å². The normalized spacial score (nSPS) is 12.6. The van der Waals surface area contributed by atoms with Gasteiger partial charge < -0.3 is 4.90 Å². The van der Waals surface area contributed by atoms with E-state index in [4.69, 9.17) is 0 Å². The minimum atomic E-state index is 0.115. The molecule has 0 spiro atoms. The number of hydrogen-bond acceptors (Lipinski definition) is 2. The van der Waals surface area contributed by atoms with Crippen LogP contribution in [0.5, 0.6) is 0 Å². The molecule has 1 atom stereocenters. The second-order valence-corrected chi connectivity index (χ2v) is 5.28. The van der Waals surface area contributed by atoms with Crippen LogP contribution in [0.3, 0.4) is 0 Å². The SMILES string of the molecule is CCCCN(C(=O)c1ccc2cn[nH]c2c1)C(C)CC. The van der Waals surface area contributed by atoms with Gasteiger partial charge in [-0.05, 0) is 31.9 Å². The predicted octanol–water partition coefficient (Wildman–Crippen LogP) is 3.60. The standard InChI is InChI=1S/C16H23N3O/c1-4-6-9-19(12(3)5-2)16(20)13-7-8-14-11-17-18-15(14)10-13/h7-8,10-12H,4-6,9H2,1-3H3,(H,17,18). The van der Waals surface area contributed by atoms with Crippen LogP contribution >= 0.6 is 0 Å². The number of unbranched alkanes of at least 4 members (excludes halogenated alkanes) is 1. The van der Waals surface area contributed by atoms with Gasteiger partial charge >= 0.3 is 0 Å². The number of H-pyrrole nitrogens is 1. The number of benzene rings is 1. The van der Waals surface area contributed by atoms with Gasteiger partial charge in [-0.25, -0.2) is 0 Å². The van der Waals surface area contributed by atoms with Crippen molar-refractivity contribution in [2.24, 2.45) is 0 Å². The second-order valence-electron chi connectivity index (χ2n) is 5.28. The lowest BCUT2D eigenvalue weighted by atomic mass is 10.1. The summed E-state index contributed by atoms with van der Waals surface area (Å²) in [7, 11) is 0. The van der Waals surface area contributed by atoms with Gasteiger partial charge in [0, 0.05) is 23.5 Å². The van der Waals surface area contributed by atoms with E-state index >= 15 is 0 Å². The number of fused-ring (bicyclic) bond motifs is 1. The van der Waals surface area contributed by atoms with E-state index in [1.807, 2.05) is 23.1 Å². The van der Waals surface area contributed by atoms with Crippen molar-refractivity contribution >= 4 is 16.8 Å². The second kappa shape index (κ2) is 6.55. The predicted molar refractivity (Wildman–Crippen MR) is 81.8 cm³/mol. The van der Waals surface area contributed by atoms with E-state index in [0.29, 0.717) is 0 Å². The Labute approximate surface area is 120 Å². The minimum Gasteiger partial charge on any atom is -0.336 e. The lowest BCUT2D eigenvalue weighted by molar-refractivity contribution is 0.0685. The maximum atomic E-state index is 12.7. The van der Waals surface area contributed by atoms with E-state index in [1.54, 1.807) is 6.20 Å². The molecular weight excluding hydrogens is 250 g/mol. The Morgan fingerprint density at radius 3 is 2.90 bits per heavy atom. The molecule has 0 saturated heterocycles. The average Bonchev–Trinajstić information content (AvgIpc) is 2.94. The third kappa shape index (κ3) is 3.00. The smallest absolute Gasteiger partial charge is 0.254 e. The number of aromatic amines is 1. The highest BCUT2D eigenvalue weighted by molar-refractivity contribution is 5.97. The lowest BCUT2D eigenvalue weighted by Gasteiger charge is -2.28. The largest absolute Gasteiger partial charge is 0.336 e. The zero-order chi connectivity index (χ0) is 14.5. The Kier molecular flexibility index (Phi) is 4.77. The van der Waals surface area contributed by atoms with Crippen molar-refractivity contribution in [1.82, 2.24) is 15.1 Å². The number of carbonyl (C=O) groups is 1. The number of rotatable bonds is 6. The quantitative estimate of drug-likeness (QED) is 0.874. The van der Waals surface area contributed by atoms with Crippen LogP contribution in [-0.2, 0) is 0 Å². The zero-order valence-electron chi connectivity index (χ0n) is 12.5. The fraction of sp³-hybridized carbons (Fsp3) is 0.500. The molecular formula is C16H23N3O. The lowest BCUT2D eigenvalue weighted by Crippen LogP contribution is -2.39. The van der Waals surface area contributed by atoms with Crippen molar-refractivity contribution in [1.29, 1.82) is 0 Å². The third-order valence-corrected chi connectivity index (χ3v) is 3.83. The Morgan fingerprint density at radius 2 is 2.20 bits per heavy atom. The van der Waals surface area contributed by atoms with Crippen molar-refractivity contribution in [2.75, 3.05) is 6.54 Å². The molecule has 4 heteroatoms. The van der Waals surface area contributed by atoms with Crippen LogP contribution in [0.15, 0.2) is 24.4 Å². The fourth-order valence-corrected chi connectivity index (χ4v) is 2.31. The van der Waals surface area contributed by atoms with Crippen LogP contribution in [0.4, 0.5) is 0 Å². The van der Waals surface area contributed by atoms with Gasteiger partial charge in [-0.3, -0.25) is 9.89 Å². The van der Waals surface area contributed by atoms with Gasteiger partial charge in [0.05, 0.1) is 11.7 Å². The highest BCUT2D eigenvalue weighted by Crippen LogP contribution is 2.17. The van der Waals surface area contributed by atoms with E-state index in [0.717, 1.165) is 42.3 Å². The topological polar surface area (TPSA) is 49.0 Å². The fourth-order valence-electron chi connectivity index (χ4n) is 2.31. The number of aromatic nitrogens is 2. The molecule has 1 unspecified atom stereocenters. The summed E-state index contributed by atoms with van der Waals surface area (Å²) in [5.41, 5.74) is 1.65. The summed E-state index contributed by atoms with van der Waals surface area (Å²) in [6, 6.07) is 6.00. The molecule has 2 rings (SSSR count). The van der Waals surface area contributed by atoms with Crippen LogP contribution in [0, 0.1) is 0 Å².